The van der Waals surface area contributed by atoms with Gasteiger partial charge in [-0.25, -0.2) is 14.3 Å². The van der Waals surface area contributed by atoms with Gasteiger partial charge in [-0.3, -0.25) is 4.72 Å². The van der Waals surface area contributed by atoms with Gasteiger partial charge < -0.3 is 5.11 Å². The fraction of sp³-hybridized carbons (Fsp3) is 0.0769. The highest BCUT2D eigenvalue weighted by Gasteiger charge is 2.25. The SMILES string of the molecule is Cc1ccn2nc(S(=O)(=O)Nc3c(Cl)cccc3C(=O)O)nc2n1. The predicted molar refractivity (Wildman–Crippen MR) is 84.7 cm³/mol. The summed E-state index contributed by atoms with van der Waals surface area (Å²) >= 11 is 5.92. The first kappa shape index (κ1) is 16.1. The van der Waals surface area contributed by atoms with Gasteiger partial charge in [-0.1, -0.05) is 17.7 Å². The third-order valence-electron chi connectivity index (χ3n) is 3.05. The van der Waals surface area contributed by atoms with Crippen molar-refractivity contribution in [3.05, 3.63) is 46.7 Å². The molecule has 11 heteroatoms. The molecule has 0 spiro atoms. The van der Waals surface area contributed by atoms with E-state index < -0.39 is 21.1 Å². The number of para-hydroxylation sites is 1. The maximum absolute atomic E-state index is 12.5. The Morgan fingerprint density at radius 2 is 2.04 bits per heavy atom. The van der Waals surface area contributed by atoms with E-state index in [4.69, 9.17) is 16.7 Å². The van der Waals surface area contributed by atoms with Gasteiger partial charge in [0, 0.05) is 11.9 Å². The third-order valence-corrected chi connectivity index (χ3v) is 4.49. The number of aromatic carboxylic acids is 1. The van der Waals surface area contributed by atoms with E-state index in [0.717, 1.165) is 0 Å². The van der Waals surface area contributed by atoms with Crippen LogP contribution in [0.4, 0.5) is 5.69 Å². The number of carbonyl (C=O) groups is 1. The molecule has 24 heavy (non-hydrogen) atoms. The first-order valence-corrected chi connectivity index (χ1v) is 8.39. The molecule has 0 aliphatic rings. The molecule has 0 unspecified atom stereocenters. The van der Waals surface area contributed by atoms with Gasteiger partial charge in [-0.05, 0) is 25.1 Å². The lowest BCUT2D eigenvalue weighted by molar-refractivity contribution is 0.0698. The molecule has 1 aromatic carbocycles. The van der Waals surface area contributed by atoms with Gasteiger partial charge >= 0.3 is 5.97 Å². The second kappa shape index (κ2) is 5.73. The Hall–Kier alpha value is -2.72. The second-order valence-corrected chi connectivity index (χ2v) is 6.76. The van der Waals surface area contributed by atoms with Crippen LogP contribution in [0.5, 0.6) is 0 Å². The maximum atomic E-state index is 12.5. The number of carboxylic acids is 1. The molecular formula is C13H10ClN5O4S. The number of aromatic nitrogens is 4. The fourth-order valence-electron chi connectivity index (χ4n) is 1.95. The smallest absolute Gasteiger partial charge is 0.337 e. The molecule has 0 atom stereocenters. The third kappa shape index (κ3) is 2.88. The van der Waals surface area contributed by atoms with Gasteiger partial charge in [0.15, 0.2) is 0 Å². The summed E-state index contributed by atoms with van der Waals surface area (Å²) in [5, 5.41) is 12.4. The number of fused-ring (bicyclic) bond motifs is 1. The van der Waals surface area contributed by atoms with Gasteiger partial charge in [0.05, 0.1) is 16.3 Å². The minimum atomic E-state index is -4.25. The largest absolute Gasteiger partial charge is 0.478 e. The number of sulfonamides is 1. The molecule has 0 saturated heterocycles. The van der Waals surface area contributed by atoms with Crippen LogP contribution in [0.15, 0.2) is 35.6 Å². The van der Waals surface area contributed by atoms with E-state index in [1.165, 1.54) is 28.9 Å². The summed E-state index contributed by atoms with van der Waals surface area (Å²) in [6.45, 7) is 1.73. The number of nitrogens with one attached hydrogen (secondary N) is 1. The Balaban J connectivity index is 2.07. The van der Waals surface area contributed by atoms with Crippen molar-refractivity contribution in [3.8, 4) is 0 Å². The summed E-state index contributed by atoms with van der Waals surface area (Å²) in [5.74, 6) is -1.22. The number of hydrogen-bond acceptors (Lipinski definition) is 6. The van der Waals surface area contributed by atoms with Crippen LogP contribution in [-0.2, 0) is 10.0 Å². The van der Waals surface area contributed by atoms with Crippen LogP contribution in [0.1, 0.15) is 16.1 Å². The van der Waals surface area contributed by atoms with E-state index in [-0.39, 0.29) is 22.1 Å². The molecule has 2 aromatic heterocycles. The minimum absolute atomic E-state index is 0.0591. The van der Waals surface area contributed by atoms with Crippen LogP contribution in [0.2, 0.25) is 5.02 Å². The number of nitrogens with zero attached hydrogens (tertiary/aromatic N) is 4. The normalized spacial score (nSPS) is 11.6. The molecule has 0 fully saturated rings. The van der Waals surface area contributed by atoms with Crippen molar-refractivity contribution in [1.29, 1.82) is 0 Å². The Kier molecular flexibility index (Phi) is 3.85. The van der Waals surface area contributed by atoms with E-state index in [9.17, 15) is 13.2 Å². The lowest BCUT2D eigenvalue weighted by atomic mass is 10.2. The van der Waals surface area contributed by atoms with Crippen molar-refractivity contribution in [2.45, 2.75) is 12.1 Å². The molecule has 0 aliphatic carbocycles. The fourth-order valence-corrected chi connectivity index (χ4v) is 3.20. The predicted octanol–water partition coefficient (Wildman–Crippen LogP) is 1.59. The Morgan fingerprint density at radius 3 is 2.75 bits per heavy atom. The minimum Gasteiger partial charge on any atom is -0.478 e. The lowest BCUT2D eigenvalue weighted by Crippen LogP contribution is -2.17. The summed E-state index contributed by atoms with van der Waals surface area (Å²) in [4.78, 5) is 19.1. The topological polar surface area (TPSA) is 127 Å². The van der Waals surface area contributed by atoms with Gasteiger partial charge in [-0.2, -0.15) is 13.4 Å². The molecule has 0 bridgehead atoms. The van der Waals surface area contributed by atoms with Crippen LogP contribution in [-0.4, -0.2) is 39.1 Å². The molecule has 2 heterocycles. The zero-order chi connectivity index (χ0) is 17.5. The highest BCUT2D eigenvalue weighted by atomic mass is 35.5. The average Bonchev–Trinajstić information content (AvgIpc) is 2.92. The molecule has 0 amide bonds. The van der Waals surface area contributed by atoms with Crippen LogP contribution < -0.4 is 4.72 Å². The van der Waals surface area contributed by atoms with Crippen LogP contribution >= 0.6 is 11.6 Å². The molecule has 0 aliphatic heterocycles. The number of carboxylic acid groups (broad SMARTS) is 1. The monoisotopic (exact) mass is 367 g/mol. The standard InChI is InChI=1S/C13H10ClN5O4S/c1-7-5-6-19-12(15-7)16-13(17-19)24(22,23)18-10-8(11(20)21)3-2-4-9(10)14/h2-6,18H,1H3,(H,20,21). The first-order valence-electron chi connectivity index (χ1n) is 6.52. The zero-order valence-corrected chi connectivity index (χ0v) is 13.7. The van der Waals surface area contributed by atoms with Crippen LogP contribution in [0, 0.1) is 6.92 Å². The molecule has 3 aromatic rings. The second-order valence-electron chi connectivity index (χ2n) is 4.78. The van der Waals surface area contributed by atoms with Crippen molar-refractivity contribution in [1.82, 2.24) is 19.6 Å². The number of benzene rings is 1. The van der Waals surface area contributed by atoms with E-state index in [0.29, 0.717) is 5.69 Å². The lowest BCUT2D eigenvalue weighted by Gasteiger charge is -2.09. The van der Waals surface area contributed by atoms with E-state index in [1.54, 1.807) is 13.0 Å². The van der Waals surface area contributed by atoms with Crippen molar-refractivity contribution < 1.29 is 18.3 Å². The number of anilines is 1. The quantitative estimate of drug-likeness (QED) is 0.716. The average molecular weight is 368 g/mol. The molecule has 3 rings (SSSR count). The van der Waals surface area contributed by atoms with E-state index in [1.807, 2.05) is 0 Å². The van der Waals surface area contributed by atoms with Crippen molar-refractivity contribution in [3.63, 3.8) is 0 Å². The van der Waals surface area contributed by atoms with Gasteiger partial charge in [0.1, 0.15) is 0 Å². The first-order chi connectivity index (χ1) is 11.3. The highest BCUT2D eigenvalue weighted by Crippen LogP contribution is 2.28. The van der Waals surface area contributed by atoms with Crippen molar-refractivity contribution in [2.75, 3.05) is 4.72 Å². The maximum Gasteiger partial charge on any atom is 0.337 e. The Labute approximate surface area is 141 Å². The molecule has 0 saturated carbocycles. The Bertz CT molecular complexity index is 1060. The summed E-state index contributed by atoms with van der Waals surface area (Å²) < 4.78 is 28.2. The van der Waals surface area contributed by atoms with Crippen molar-refractivity contribution in [2.24, 2.45) is 0 Å². The summed E-state index contributed by atoms with van der Waals surface area (Å²) in [7, 11) is -4.25. The van der Waals surface area contributed by atoms with Gasteiger partial charge in [0.2, 0.25) is 0 Å². The number of hydrogen-bond donors (Lipinski definition) is 2. The van der Waals surface area contributed by atoms with E-state index >= 15 is 0 Å². The Morgan fingerprint density at radius 1 is 1.29 bits per heavy atom. The van der Waals surface area contributed by atoms with Gasteiger partial charge in [-0.15, -0.1) is 5.10 Å². The number of rotatable bonds is 4. The molecule has 2 N–H and O–H groups in total. The van der Waals surface area contributed by atoms with Gasteiger partial charge in [0.25, 0.3) is 21.0 Å². The van der Waals surface area contributed by atoms with Crippen LogP contribution in [0.3, 0.4) is 0 Å². The number of aryl methyl sites for hydroxylation is 1. The zero-order valence-electron chi connectivity index (χ0n) is 12.1. The van der Waals surface area contributed by atoms with E-state index in [2.05, 4.69) is 19.8 Å². The highest BCUT2D eigenvalue weighted by molar-refractivity contribution is 7.92. The summed E-state index contributed by atoms with van der Waals surface area (Å²) in [6, 6.07) is 5.64. The molecule has 0 radical (unpaired) electrons. The molecular weight excluding hydrogens is 358 g/mol. The number of halogens is 1. The summed E-state index contributed by atoms with van der Waals surface area (Å²) in [5.41, 5.74) is 0.101. The van der Waals surface area contributed by atoms with Crippen molar-refractivity contribution >= 4 is 39.1 Å². The summed E-state index contributed by atoms with van der Waals surface area (Å²) in [6.07, 6.45) is 1.52. The molecule has 9 nitrogen and oxygen atoms in total. The van der Waals surface area contributed by atoms with Crippen LogP contribution in [0.25, 0.3) is 5.78 Å². The molecule has 124 valence electrons.